The molecule has 0 aromatic heterocycles. The van der Waals surface area contributed by atoms with Gasteiger partial charge in [-0.3, -0.25) is 0 Å². The van der Waals surface area contributed by atoms with Gasteiger partial charge in [0.25, 0.3) is 0 Å². The SMILES string of the molecule is CCCCOc1ccc(P(C)C)cc1. The van der Waals surface area contributed by atoms with Crippen molar-refractivity contribution < 1.29 is 4.74 Å². The van der Waals surface area contributed by atoms with Crippen molar-refractivity contribution in [2.75, 3.05) is 19.9 Å². The number of benzene rings is 1. The van der Waals surface area contributed by atoms with Crippen molar-refractivity contribution in [3.05, 3.63) is 24.3 Å². The first-order valence-corrected chi connectivity index (χ1v) is 7.38. The van der Waals surface area contributed by atoms with E-state index in [1.54, 1.807) is 0 Å². The Bertz CT molecular complexity index is 254. The molecule has 0 saturated carbocycles. The fraction of sp³-hybridized carbons (Fsp3) is 0.500. The summed E-state index contributed by atoms with van der Waals surface area (Å²) >= 11 is 0. The van der Waals surface area contributed by atoms with E-state index in [2.05, 4.69) is 44.5 Å². The van der Waals surface area contributed by atoms with Crippen molar-refractivity contribution in [1.29, 1.82) is 0 Å². The van der Waals surface area contributed by atoms with Gasteiger partial charge in [0.05, 0.1) is 6.61 Å². The Morgan fingerprint density at radius 2 is 1.79 bits per heavy atom. The van der Waals surface area contributed by atoms with Crippen molar-refractivity contribution >= 4 is 13.2 Å². The van der Waals surface area contributed by atoms with Gasteiger partial charge in [-0.1, -0.05) is 33.4 Å². The molecule has 1 aromatic carbocycles. The van der Waals surface area contributed by atoms with Crippen LogP contribution < -0.4 is 10.0 Å². The number of hydrogen-bond acceptors (Lipinski definition) is 1. The highest BCUT2D eigenvalue weighted by Crippen LogP contribution is 2.24. The van der Waals surface area contributed by atoms with E-state index < -0.39 is 0 Å². The zero-order chi connectivity index (χ0) is 10.4. The van der Waals surface area contributed by atoms with Crippen molar-refractivity contribution in [2.45, 2.75) is 19.8 Å². The summed E-state index contributed by atoms with van der Waals surface area (Å²) in [4.78, 5) is 0. The molecule has 1 rings (SSSR count). The van der Waals surface area contributed by atoms with Crippen LogP contribution in [0.4, 0.5) is 0 Å². The first-order chi connectivity index (χ1) is 6.74. The summed E-state index contributed by atoms with van der Waals surface area (Å²) in [5.74, 6) is 0.999. The van der Waals surface area contributed by atoms with Crippen LogP contribution in [0, 0.1) is 0 Å². The molecule has 2 heteroatoms. The lowest BCUT2D eigenvalue weighted by atomic mass is 10.3. The highest BCUT2D eigenvalue weighted by atomic mass is 31.1. The van der Waals surface area contributed by atoms with Crippen LogP contribution in [0.15, 0.2) is 24.3 Å². The second-order valence-electron chi connectivity index (χ2n) is 3.59. The topological polar surface area (TPSA) is 9.23 Å². The number of rotatable bonds is 5. The normalized spacial score (nSPS) is 10.6. The Balaban J connectivity index is 2.47. The summed E-state index contributed by atoms with van der Waals surface area (Å²) in [6.45, 7) is 7.54. The van der Waals surface area contributed by atoms with Gasteiger partial charge in [0.1, 0.15) is 5.75 Å². The molecule has 0 spiro atoms. The summed E-state index contributed by atoms with van der Waals surface area (Å²) in [6, 6.07) is 8.50. The number of unbranched alkanes of at least 4 members (excludes halogenated alkanes) is 1. The minimum Gasteiger partial charge on any atom is -0.494 e. The van der Waals surface area contributed by atoms with E-state index in [0.29, 0.717) is 0 Å². The molecule has 0 N–H and O–H groups in total. The lowest BCUT2D eigenvalue weighted by Gasteiger charge is -2.08. The van der Waals surface area contributed by atoms with Crippen LogP contribution in [0.1, 0.15) is 19.8 Å². The third kappa shape index (κ3) is 3.67. The molecular formula is C12H19OP. The van der Waals surface area contributed by atoms with Gasteiger partial charge in [-0.05, 0) is 37.2 Å². The molecule has 0 aliphatic rings. The Morgan fingerprint density at radius 3 is 2.29 bits per heavy atom. The quantitative estimate of drug-likeness (QED) is 0.535. The van der Waals surface area contributed by atoms with Crippen LogP contribution in [-0.2, 0) is 0 Å². The van der Waals surface area contributed by atoms with Crippen molar-refractivity contribution in [1.82, 2.24) is 0 Å². The Morgan fingerprint density at radius 1 is 1.14 bits per heavy atom. The standard InChI is InChI=1S/C12H19OP/c1-4-5-10-13-11-6-8-12(9-7-11)14(2)3/h6-9H,4-5,10H2,1-3H3. The molecule has 78 valence electrons. The molecule has 0 amide bonds. The summed E-state index contributed by atoms with van der Waals surface area (Å²) in [6.07, 6.45) is 2.32. The third-order valence-corrected chi connectivity index (χ3v) is 3.45. The average Bonchev–Trinajstić information content (AvgIpc) is 2.19. The predicted octanol–water partition coefficient (Wildman–Crippen LogP) is 3.23. The van der Waals surface area contributed by atoms with E-state index in [4.69, 9.17) is 4.74 Å². The molecule has 0 bridgehead atoms. The molecule has 0 radical (unpaired) electrons. The fourth-order valence-electron chi connectivity index (χ4n) is 1.17. The largest absolute Gasteiger partial charge is 0.494 e. The van der Waals surface area contributed by atoms with Gasteiger partial charge in [0, 0.05) is 0 Å². The third-order valence-electron chi connectivity index (χ3n) is 2.12. The van der Waals surface area contributed by atoms with Crippen LogP contribution in [0.3, 0.4) is 0 Å². The molecule has 0 aliphatic carbocycles. The lowest BCUT2D eigenvalue weighted by Crippen LogP contribution is -2.00. The first-order valence-electron chi connectivity index (χ1n) is 5.14. The van der Waals surface area contributed by atoms with E-state index in [1.165, 1.54) is 11.7 Å². The Kier molecular flexibility index (Phi) is 4.97. The van der Waals surface area contributed by atoms with Gasteiger partial charge < -0.3 is 4.74 Å². The average molecular weight is 210 g/mol. The first kappa shape index (κ1) is 11.5. The highest BCUT2D eigenvalue weighted by Gasteiger charge is 1.98. The van der Waals surface area contributed by atoms with E-state index in [9.17, 15) is 0 Å². The van der Waals surface area contributed by atoms with E-state index >= 15 is 0 Å². The van der Waals surface area contributed by atoms with Crippen molar-refractivity contribution in [2.24, 2.45) is 0 Å². The van der Waals surface area contributed by atoms with Gasteiger partial charge in [-0.25, -0.2) is 0 Å². The van der Waals surface area contributed by atoms with E-state index in [-0.39, 0.29) is 7.92 Å². The van der Waals surface area contributed by atoms with Crippen LogP contribution in [0.2, 0.25) is 0 Å². The van der Waals surface area contributed by atoms with Crippen LogP contribution in [0.5, 0.6) is 5.75 Å². The van der Waals surface area contributed by atoms with Gasteiger partial charge in [-0.2, -0.15) is 0 Å². The monoisotopic (exact) mass is 210 g/mol. The molecule has 1 nitrogen and oxygen atoms in total. The minimum absolute atomic E-state index is 0.0205. The Labute approximate surface area is 88.2 Å². The van der Waals surface area contributed by atoms with Crippen LogP contribution in [0.25, 0.3) is 0 Å². The maximum Gasteiger partial charge on any atom is 0.119 e. The molecule has 0 unspecified atom stereocenters. The molecule has 1 aromatic rings. The van der Waals surface area contributed by atoms with E-state index in [1.807, 2.05) is 0 Å². The van der Waals surface area contributed by atoms with E-state index in [0.717, 1.165) is 18.8 Å². The number of ether oxygens (including phenoxy) is 1. The molecule has 0 heterocycles. The summed E-state index contributed by atoms with van der Waals surface area (Å²) < 4.78 is 5.59. The minimum atomic E-state index is 0.0205. The second kappa shape index (κ2) is 6.03. The zero-order valence-electron chi connectivity index (χ0n) is 9.29. The molecule has 14 heavy (non-hydrogen) atoms. The summed E-state index contributed by atoms with van der Waals surface area (Å²) in [7, 11) is 0.0205. The van der Waals surface area contributed by atoms with Crippen molar-refractivity contribution in [3.63, 3.8) is 0 Å². The van der Waals surface area contributed by atoms with Gasteiger partial charge in [-0.15, -0.1) is 0 Å². The molecule has 0 aliphatic heterocycles. The summed E-state index contributed by atoms with van der Waals surface area (Å²) in [5.41, 5.74) is 0. The second-order valence-corrected chi connectivity index (χ2v) is 5.90. The predicted molar refractivity (Wildman–Crippen MR) is 65.2 cm³/mol. The smallest absolute Gasteiger partial charge is 0.119 e. The Hall–Kier alpha value is -0.550. The van der Waals surface area contributed by atoms with Gasteiger partial charge >= 0.3 is 0 Å². The van der Waals surface area contributed by atoms with Gasteiger partial charge in [0.2, 0.25) is 0 Å². The van der Waals surface area contributed by atoms with Gasteiger partial charge in [0.15, 0.2) is 0 Å². The molecule has 0 fully saturated rings. The highest BCUT2D eigenvalue weighted by molar-refractivity contribution is 7.64. The molecule has 0 atom stereocenters. The maximum atomic E-state index is 5.59. The maximum absolute atomic E-state index is 5.59. The lowest BCUT2D eigenvalue weighted by molar-refractivity contribution is 0.309. The summed E-state index contributed by atoms with van der Waals surface area (Å²) in [5, 5.41) is 1.43. The zero-order valence-corrected chi connectivity index (χ0v) is 10.2. The molecular weight excluding hydrogens is 191 g/mol. The fourth-order valence-corrected chi connectivity index (χ4v) is 1.92. The van der Waals surface area contributed by atoms with Crippen molar-refractivity contribution in [3.8, 4) is 5.75 Å². The van der Waals surface area contributed by atoms with Crippen LogP contribution in [-0.4, -0.2) is 19.9 Å². The molecule has 0 saturated heterocycles. The number of hydrogen-bond donors (Lipinski definition) is 0. The van der Waals surface area contributed by atoms with Crippen LogP contribution >= 0.6 is 7.92 Å².